The Balaban J connectivity index is 3.29. The maximum Gasteiger partial charge on any atom is 0.335 e. The Morgan fingerprint density at radius 3 is 2.38 bits per heavy atom. The quantitative estimate of drug-likeness (QED) is 0.716. The van der Waals surface area contributed by atoms with Crippen molar-refractivity contribution in [3.8, 4) is 5.75 Å². The molecule has 0 saturated carbocycles. The lowest BCUT2D eigenvalue weighted by molar-refractivity contribution is 0.0696. The van der Waals surface area contributed by atoms with Crippen molar-refractivity contribution in [1.29, 1.82) is 0 Å². The number of carboxylic acids is 1. The summed E-state index contributed by atoms with van der Waals surface area (Å²) in [6.07, 6.45) is -0.920. The standard InChI is InChI=1S/C13H19NO6S/c1-8(15)13(2,3)14-21(18,19)11-6-5-9(12(16)17)7-10(11)20-4/h5-8,14-15H,1-4H3,(H,16,17). The topological polar surface area (TPSA) is 113 Å². The van der Waals surface area contributed by atoms with Gasteiger partial charge in [-0.2, -0.15) is 0 Å². The number of benzene rings is 1. The summed E-state index contributed by atoms with van der Waals surface area (Å²) in [5.41, 5.74) is -1.17. The van der Waals surface area contributed by atoms with Gasteiger partial charge in [-0.1, -0.05) is 0 Å². The summed E-state index contributed by atoms with van der Waals surface area (Å²) in [5.74, 6) is -1.27. The Labute approximate surface area is 123 Å². The van der Waals surface area contributed by atoms with Gasteiger partial charge in [-0.15, -0.1) is 0 Å². The van der Waals surface area contributed by atoms with E-state index in [-0.39, 0.29) is 16.2 Å². The third kappa shape index (κ3) is 3.93. The van der Waals surface area contributed by atoms with E-state index in [1.807, 2.05) is 0 Å². The molecule has 0 aliphatic heterocycles. The van der Waals surface area contributed by atoms with Crippen LogP contribution in [0.25, 0.3) is 0 Å². The number of carbonyl (C=O) groups is 1. The first-order valence-corrected chi connectivity index (χ1v) is 7.63. The van der Waals surface area contributed by atoms with Crippen molar-refractivity contribution >= 4 is 16.0 Å². The minimum Gasteiger partial charge on any atom is -0.495 e. The number of aliphatic hydroxyl groups excluding tert-OH is 1. The molecule has 0 aliphatic carbocycles. The predicted molar refractivity (Wildman–Crippen MR) is 76.0 cm³/mol. The van der Waals surface area contributed by atoms with Gasteiger partial charge in [0, 0.05) is 0 Å². The average molecular weight is 317 g/mol. The van der Waals surface area contributed by atoms with E-state index < -0.39 is 27.6 Å². The van der Waals surface area contributed by atoms with Gasteiger partial charge < -0.3 is 14.9 Å². The van der Waals surface area contributed by atoms with E-state index in [9.17, 15) is 18.3 Å². The largest absolute Gasteiger partial charge is 0.495 e. The molecule has 0 aromatic heterocycles. The summed E-state index contributed by atoms with van der Waals surface area (Å²) in [5, 5.41) is 18.5. The molecule has 0 radical (unpaired) electrons. The predicted octanol–water partition coefficient (Wildman–Crippen LogP) is 0.831. The van der Waals surface area contributed by atoms with Gasteiger partial charge >= 0.3 is 5.97 Å². The molecule has 0 aliphatic rings. The van der Waals surface area contributed by atoms with Crippen molar-refractivity contribution in [1.82, 2.24) is 4.72 Å². The van der Waals surface area contributed by atoms with Gasteiger partial charge in [0.05, 0.1) is 24.3 Å². The zero-order valence-electron chi connectivity index (χ0n) is 12.2. The maximum absolute atomic E-state index is 12.4. The summed E-state index contributed by atoms with van der Waals surface area (Å²) in [7, 11) is -2.73. The van der Waals surface area contributed by atoms with E-state index in [0.29, 0.717) is 0 Å². The molecule has 1 aromatic rings. The highest BCUT2D eigenvalue weighted by molar-refractivity contribution is 7.89. The molecule has 0 amide bonds. The molecule has 0 heterocycles. The molecular formula is C13H19NO6S. The second-order valence-corrected chi connectivity index (χ2v) is 6.82. The average Bonchev–Trinajstić information content (AvgIpc) is 2.36. The van der Waals surface area contributed by atoms with Crippen LogP contribution in [0.15, 0.2) is 23.1 Å². The van der Waals surface area contributed by atoms with Gasteiger partial charge in [-0.25, -0.2) is 17.9 Å². The fraction of sp³-hybridized carbons (Fsp3) is 0.462. The Kier molecular flexibility index (Phi) is 4.98. The van der Waals surface area contributed by atoms with E-state index in [4.69, 9.17) is 9.84 Å². The first-order valence-electron chi connectivity index (χ1n) is 6.14. The summed E-state index contributed by atoms with van der Waals surface area (Å²) < 4.78 is 32.0. The smallest absolute Gasteiger partial charge is 0.335 e. The van der Waals surface area contributed by atoms with Crippen LogP contribution < -0.4 is 9.46 Å². The number of rotatable bonds is 6. The molecule has 0 bridgehead atoms. The molecule has 118 valence electrons. The Hall–Kier alpha value is -1.64. The van der Waals surface area contributed by atoms with Crippen molar-refractivity contribution in [3.05, 3.63) is 23.8 Å². The number of nitrogens with one attached hydrogen (secondary N) is 1. The number of carboxylic acid groups (broad SMARTS) is 1. The molecule has 0 fully saturated rings. The van der Waals surface area contributed by atoms with Gasteiger partial charge in [0.2, 0.25) is 10.0 Å². The van der Waals surface area contributed by atoms with E-state index >= 15 is 0 Å². The molecule has 1 aromatic carbocycles. The van der Waals surface area contributed by atoms with E-state index in [1.165, 1.54) is 33.9 Å². The lowest BCUT2D eigenvalue weighted by Crippen LogP contribution is -2.50. The highest BCUT2D eigenvalue weighted by Gasteiger charge is 2.32. The zero-order valence-corrected chi connectivity index (χ0v) is 13.1. The molecule has 3 N–H and O–H groups in total. The second-order valence-electron chi connectivity index (χ2n) is 5.17. The SMILES string of the molecule is COc1cc(C(=O)O)ccc1S(=O)(=O)NC(C)(C)C(C)O. The third-order valence-electron chi connectivity index (χ3n) is 3.14. The van der Waals surface area contributed by atoms with Crippen LogP contribution in [0.2, 0.25) is 0 Å². The van der Waals surface area contributed by atoms with Gasteiger partial charge in [-0.3, -0.25) is 0 Å². The van der Waals surface area contributed by atoms with E-state index in [2.05, 4.69) is 4.72 Å². The Bertz CT molecular complexity index is 636. The van der Waals surface area contributed by atoms with Crippen LogP contribution >= 0.6 is 0 Å². The minimum absolute atomic E-state index is 0.0798. The van der Waals surface area contributed by atoms with E-state index in [0.717, 1.165) is 12.1 Å². The number of ether oxygens (including phenoxy) is 1. The van der Waals surface area contributed by atoms with Crippen LogP contribution in [0.4, 0.5) is 0 Å². The normalized spacial score (nSPS) is 13.8. The summed E-state index contributed by atoms with van der Waals surface area (Å²) in [6, 6.07) is 3.46. The lowest BCUT2D eigenvalue weighted by atomic mass is 10.0. The van der Waals surface area contributed by atoms with Crippen LogP contribution in [0, 0.1) is 0 Å². The molecule has 1 rings (SSSR count). The molecule has 1 atom stereocenters. The van der Waals surface area contributed by atoms with Crippen molar-refractivity contribution < 1.29 is 28.2 Å². The lowest BCUT2D eigenvalue weighted by Gasteiger charge is -2.29. The third-order valence-corrected chi connectivity index (χ3v) is 4.85. The molecule has 8 heteroatoms. The highest BCUT2D eigenvalue weighted by Crippen LogP contribution is 2.26. The van der Waals surface area contributed by atoms with Crippen LogP contribution in [0.3, 0.4) is 0 Å². The number of hydrogen-bond donors (Lipinski definition) is 3. The summed E-state index contributed by atoms with van der Waals surface area (Å²) in [4.78, 5) is 10.7. The van der Waals surface area contributed by atoms with Crippen LogP contribution in [0.5, 0.6) is 5.75 Å². The summed E-state index contributed by atoms with van der Waals surface area (Å²) in [6.45, 7) is 4.54. The van der Waals surface area contributed by atoms with E-state index in [1.54, 1.807) is 0 Å². The zero-order chi connectivity index (χ0) is 16.4. The second kappa shape index (κ2) is 6.00. The Morgan fingerprint density at radius 1 is 1.38 bits per heavy atom. The molecule has 21 heavy (non-hydrogen) atoms. The molecule has 1 unspecified atom stereocenters. The first kappa shape index (κ1) is 17.4. The van der Waals surface area contributed by atoms with Gasteiger partial charge in [0.1, 0.15) is 10.6 Å². The minimum atomic E-state index is -3.98. The van der Waals surface area contributed by atoms with Gasteiger partial charge in [-0.05, 0) is 39.0 Å². The fourth-order valence-corrected chi connectivity index (χ4v) is 3.14. The first-order chi connectivity index (χ1) is 9.51. The van der Waals surface area contributed by atoms with Crippen molar-refractivity contribution in [2.75, 3.05) is 7.11 Å². The Morgan fingerprint density at radius 2 is 1.95 bits per heavy atom. The van der Waals surface area contributed by atoms with Crippen LogP contribution in [-0.4, -0.2) is 43.4 Å². The molecule has 0 saturated heterocycles. The van der Waals surface area contributed by atoms with Crippen molar-refractivity contribution in [3.63, 3.8) is 0 Å². The molecule has 7 nitrogen and oxygen atoms in total. The number of sulfonamides is 1. The number of hydrogen-bond acceptors (Lipinski definition) is 5. The van der Waals surface area contributed by atoms with Gasteiger partial charge in [0.25, 0.3) is 0 Å². The molecule has 0 spiro atoms. The van der Waals surface area contributed by atoms with Crippen molar-refractivity contribution in [2.45, 2.75) is 37.3 Å². The number of methoxy groups -OCH3 is 1. The van der Waals surface area contributed by atoms with Crippen molar-refractivity contribution in [2.24, 2.45) is 0 Å². The number of aliphatic hydroxyl groups is 1. The maximum atomic E-state index is 12.4. The summed E-state index contributed by atoms with van der Waals surface area (Å²) >= 11 is 0. The fourth-order valence-electron chi connectivity index (χ4n) is 1.51. The number of aromatic carboxylic acids is 1. The van der Waals surface area contributed by atoms with Crippen LogP contribution in [-0.2, 0) is 10.0 Å². The van der Waals surface area contributed by atoms with Crippen LogP contribution in [0.1, 0.15) is 31.1 Å². The monoisotopic (exact) mass is 317 g/mol. The molecular weight excluding hydrogens is 298 g/mol. The van der Waals surface area contributed by atoms with Gasteiger partial charge in [0.15, 0.2) is 0 Å². The highest BCUT2D eigenvalue weighted by atomic mass is 32.2.